The second-order valence-corrected chi connectivity index (χ2v) is 7.62. The lowest BCUT2D eigenvalue weighted by atomic mass is 10.0. The quantitative estimate of drug-likeness (QED) is 0.253. The first-order chi connectivity index (χ1) is 12.1. The number of morpholine rings is 1. The lowest BCUT2D eigenvalue weighted by Gasteiger charge is -2.33. The maximum absolute atomic E-state index is 5.42. The highest BCUT2D eigenvalue weighted by Gasteiger charge is 2.20. The van der Waals surface area contributed by atoms with Gasteiger partial charge in [0, 0.05) is 58.9 Å². The second-order valence-electron chi connectivity index (χ2n) is 7.62. The van der Waals surface area contributed by atoms with E-state index in [-0.39, 0.29) is 24.0 Å². The Balaban J connectivity index is 0.00000338. The predicted molar refractivity (Wildman–Crippen MR) is 121 cm³/mol. The van der Waals surface area contributed by atoms with E-state index in [2.05, 4.69) is 45.9 Å². The van der Waals surface area contributed by atoms with Gasteiger partial charge in [-0.3, -0.25) is 14.8 Å². The van der Waals surface area contributed by atoms with Gasteiger partial charge in [0.25, 0.3) is 0 Å². The van der Waals surface area contributed by atoms with Crippen molar-refractivity contribution in [2.45, 2.75) is 32.7 Å². The number of hydrogen-bond donors (Lipinski definition) is 2. The van der Waals surface area contributed by atoms with Gasteiger partial charge in [0.2, 0.25) is 0 Å². The molecule has 6 nitrogen and oxygen atoms in total. The van der Waals surface area contributed by atoms with Gasteiger partial charge < -0.3 is 15.4 Å². The van der Waals surface area contributed by atoms with E-state index in [1.807, 2.05) is 7.05 Å². The van der Waals surface area contributed by atoms with E-state index >= 15 is 0 Å². The number of guanidine groups is 1. The number of aliphatic imine (C=N–C) groups is 1. The maximum Gasteiger partial charge on any atom is 0.191 e. The van der Waals surface area contributed by atoms with Crippen molar-refractivity contribution in [3.63, 3.8) is 0 Å². The zero-order valence-electron chi connectivity index (χ0n) is 16.8. The highest BCUT2D eigenvalue weighted by molar-refractivity contribution is 14.0. The zero-order chi connectivity index (χ0) is 18.1. The molecule has 2 heterocycles. The van der Waals surface area contributed by atoms with Crippen molar-refractivity contribution in [2.24, 2.45) is 10.9 Å². The average Bonchev–Trinajstić information content (AvgIpc) is 2.60. The maximum atomic E-state index is 5.42. The molecule has 2 N–H and O–H groups in total. The number of nitrogens with one attached hydrogen (secondary N) is 2. The number of ether oxygens (including phenoxy) is 1. The smallest absolute Gasteiger partial charge is 0.191 e. The number of likely N-dealkylation sites (tertiary alicyclic amines) is 1. The minimum Gasteiger partial charge on any atom is -0.379 e. The molecule has 0 amide bonds. The third-order valence-electron chi connectivity index (χ3n) is 4.94. The normalized spacial score (nSPS) is 21.7. The van der Waals surface area contributed by atoms with Gasteiger partial charge in [-0.15, -0.1) is 24.0 Å². The van der Waals surface area contributed by atoms with E-state index in [1.54, 1.807) is 0 Å². The van der Waals surface area contributed by atoms with Gasteiger partial charge >= 0.3 is 0 Å². The van der Waals surface area contributed by atoms with Crippen molar-refractivity contribution in [3.05, 3.63) is 12.2 Å². The molecule has 26 heavy (non-hydrogen) atoms. The van der Waals surface area contributed by atoms with Gasteiger partial charge in [-0.05, 0) is 25.7 Å². The van der Waals surface area contributed by atoms with Crippen LogP contribution in [-0.4, -0.2) is 87.9 Å². The van der Waals surface area contributed by atoms with Crippen LogP contribution in [0.5, 0.6) is 0 Å². The number of rotatable bonds is 7. The summed E-state index contributed by atoms with van der Waals surface area (Å²) < 4.78 is 5.42. The van der Waals surface area contributed by atoms with Crippen molar-refractivity contribution in [3.8, 4) is 0 Å². The molecule has 2 fully saturated rings. The molecule has 0 radical (unpaired) electrons. The first-order valence-electron chi connectivity index (χ1n) is 9.71. The molecule has 2 aliphatic heterocycles. The lowest BCUT2D eigenvalue weighted by Crippen LogP contribution is -2.50. The predicted octanol–water partition coefficient (Wildman–Crippen LogP) is 1.78. The first-order valence-corrected chi connectivity index (χ1v) is 9.71. The summed E-state index contributed by atoms with van der Waals surface area (Å²) in [5, 5.41) is 7.10. The molecule has 0 aromatic carbocycles. The zero-order valence-corrected chi connectivity index (χ0v) is 19.1. The Bertz CT molecular complexity index is 432. The van der Waals surface area contributed by atoms with Crippen LogP contribution in [0.2, 0.25) is 0 Å². The molecule has 0 aromatic rings. The summed E-state index contributed by atoms with van der Waals surface area (Å²) >= 11 is 0. The molecule has 0 aromatic heterocycles. The van der Waals surface area contributed by atoms with Crippen LogP contribution in [-0.2, 0) is 4.74 Å². The summed E-state index contributed by atoms with van der Waals surface area (Å²) in [5.41, 5.74) is 1.25. The van der Waals surface area contributed by atoms with Crippen LogP contribution in [0.1, 0.15) is 26.7 Å². The van der Waals surface area contributed by atoms with Gasteiger partial charge in [-0.1, -0.05) is 19.1 Å². The Labute approximate surface area is 176 Å². The molecule has 0 saturated carbocycles. The van der Waals surface area contributed by atoms with E-state index in [0.717, 1.165) is 77.8 Å². The largest absolute Gasteiger partial charge is 0.379 e. The summed E-state index contributed by atoms with van der Waals surface area (Å²) in [6.45, 7) is 17.6. The highest BCUT2D eigenvalue weighted by atomic mass is 127. The molecule has 152 valence electrons. The van der Waals surface area contributed by atoms with Gasteiger partial charge in [-0.2, -0.15) is 0 Å². The molecular weight excluding hydrogens is 441 g/mol. The van der Waals surface area contributed by atoms with E-state index < -0.39 is 0 Å². The fraction of sp³-hybridized carbons (Fsp3) is 0.842. The summed E-state index contributed by atoms with van der Waals surface area (Å²) in [4.78, 5) is 9.38. The van der Waals surface area contributed by atoms with Crippen molar-refractivity contribution >= 4 is 29.9 Å². The van der Waals surface area contributed by atoms with Crippen LogP contribution in [0.4, 0.5) is 0 Å². The van der Waals surface area contributed by atoms with Crippen molar-refractivity contribution in [2.75, 3.05) is 66.1 Å². The van der Waals surface area contributed by atoms with Crippen LogP contribution in [0.15, 0.2) is 17.1 Å². The minimum atomic E-state index is 0. The minimum absolute atomic E-state index is 0. The molecule has 2 aliphatic rings. The molecular formula is C19H38IN5O. The monoisotopic (exact) mass is 479 g/mol. The van der Waals surface area contributed by atoms with Crippen LogP contribution in [0.3, 0.4) is 0 Å². The second kappa shape index (κ2) is 12.9. The molecule has 1 unspecified atom stereocenters. The van der Waals surface area contributed by atoms with Gasteiger partial charge in [-0.25, -0.2) is 0 Å². The van der Waals surface area contributed by atoms with E-state index in [0.29, 0.717) is 12.0 Å². The fourth-order valence-electron chi connectivity index (χ4n) is 3.57. The molecule has 7 heteroatoms. The van der Waals surface area contributed by atoms with Gasteiger partial charge in [0.1, 0.15) is 0 Å². The number of piperidine rings is 1. The summed E-state index contributed by atoms with van der Waals surface area (Å²) in [6, 6.07) is 0.516. The Hall–Kier alpha value is -0.380. The van der Waals surface area contributed by atoms with Crippen LogP contribution < -0.4 is 10.6 Å². The van der Waals surface area contributed by atoms with E-state index in [4.69, 9.17) is 4.74 Å². The number of hydrogen-bond acceptors (Lipinski definition) is 4. The topological polar surface area (TPSA) is 52.1 Å². The summed E-state index contributed by atoms with van der Waals surface area (Å²) in [6.07, 6.45) is 2.33. The van der Waals surface area contributed by atoms with Crippen LogP contribution in [0, 0.1) is 5.92 Å². The Kier molecular flexibility index (Phi) is 11.7. The van der Waals surface area contributed by atoms with Gasteiger partial charge in [0.05, 0.1) is 13.2 Å². The fourth-order valence-corrected chi connectivity index (χ4v) is 3.57. The summed E-state index contributed by atoms with van der Waals surface area (Å²) in [7, 11) is 1.86. The number of halogens is 1. The Morgan fingerprint density at radius 2 is 1.85 bits per heavy atom. The molecule has 0 aliphatic carbocycles. The third-order valence-corrected chi connectivity index (χ3v) is 4.94. The molecule has 1 atom stereocenters. The SMILES string of the molecule is C=C(C)CN1CCC(NC(=NC)NCC(C)CN2CCOCC2)CC1.I. The van der Waals surface area contributed by atoms with Crippen LogP contribution in [0.25, 0.3) is 0 Å². The third kappa shape index (κ3) is 9.01. The first kappa shape index (κ1) is 23.7. The summed E-state index contributed by atoms with van der Waals surface area (Å²) in [5.74, 6) is 1.53. The van der Waals surface area contributed by atoms with Gasteiger partial charge in [0.15, 0.2) is 5.96 Å². The lowest BCUT2D eigenvalue weighted by molar-refractivity contribution is 0.0320. The standard InChI is InChI=1S/C19H37N5O.HI/c1-16(2)14-23-7-5-18(6-8-23)22-19(20-4)21-13-17(3)15-24-9-11-25-12-10-24;/h17-18H,1,5-15H2,2-4H3,(H2,20,21,22);1H. The Morgan fingerprint density at radius 3 is 2.42 bits per heavy atom. The van der Waals surface area contributed by atoms with E-state index in [1.165, 1.54) is 5.57 Å². The average molecular weight is 479 g/mol. The molecule has 2 rings (SSSR count). The van der Waals surface area contributed by atoms with Crippen molar-refractivity contribution in [1.82, 2.24) is 20.4 Å². The highest BCUT2D eigenvalue weighted by Crippen LogP contribution is 2.11. The van der Waals surface area contributed by atoms with Crippen LogP contribution >= 0.6 is 24.0 Å². The number of nitrogens with zero attached hydrogens (tertiary/aromatic N) is 3. The van der Waals surface area contributed by atoms with Crippen molar-refractivity contribution < 1.29 is 4.74 Å². The Morgan fingerprint density at radius 1 is 1.19 bits per heavy atom. The van der Waals surface area contributed by atoms with E-state index in [9.17, 15) is 0 Å². The molecule has 0 spiro atoms. The van der Waals surface area contributed by atoms with Crippen molar-refractivity contribution in [1.29, 1.82) is 0 Å². The molecule has 0 bridgehead atoms. The molecule has 2 saturated heterocycles.